The second kappa shape index (κ2) is 6.45. The number of nitrogens with zero attached hydrogens (tertiary/aromatic N) is 1. The van der Waals surface area contributed by atoms with Crippen molar-refractivity contribution in [3.63, 3.8) is 0 Å². The molecule has 1 unspecified atom stereocenters. The van der Waals surface area contributed by atoms with Crippen molar-refractivity contribution in [2.45, 2.75) is 38.7 Å². The van der Waals surface area contributed by atoms with Gasteiger partial charge >= 0.3 is 0 Å². The molecule has 2 rings (SSSR count). The summed E-state index contributed by atoms with van der Waals surface area (Å²) in [5.74, 6) is 0.00894. The van der Waals surface area contributed by atoms with E-state index in [0.717, 1.165) is 37.2 Å². The molecule has 1 aliphatic rings. The summed E-state index contributed by atoms with van der Waals surface area (Å²) in [5.41, 5.74) is 7.63. The lowest BCUT2D eigenvalue weighted by molar-refractivity contribution is -0.116. The number of nitrogens with two attached hydrogens (primary N) is 1. The smallest absolute Gasteiger partial charge is 0.224 e. The van der Waals surface area contributed by atoms with E-state index in [-0.39, 0.29) is 5.91 Å². The van der Waals surface area contributed by atoms with Crippen molar-refractivity contribution in [2.24, 2.45) is 0 Å². The zero-order valence-corrected chi connectivity index (χ0v) is 12.9. The maximum absolute atomic E-state index is 12.0. The largest absolute Gasteiger partial charge is 0.398 e. The number of amides is 1. The van der Waals surface area contributed by atoms with E-state index in [0.29, 0.717) is 18.7 Å². The molecule has 1 saturated heterocycles. The minimum absolute atomic E-state index is 0.00894. The highest BCUT2D eigenvalue weighted by Gasteiger charge is 2.30. The Labute approximate surface area is 126 Å². The van der Waals surface area contributed by atoms with Crippen molar-refractivity contribution >= 4 is 17.3 Å². The van der Waals surface area contributed by atoms with Crippen molar-refractivity contribution in [2.75, 3.05) is 30.7 Å². The van der Waals surface area contributed by atoms with Gasteiger partial charge in [-0.15, -0.1) is 0 Å². The summed E-state index contributed by atoms with van der Waals surface area (Å²) in [6.45, 7) is 6.21. The van der Waals surface area contributed by atoms with Crippen LogP contribution < -0.4 is 11.1 Å². The normalized spacial score (nSPS) is 22.4. The van der Waals surface area contributed by atoms with Crippen molar-refractivity contribution in [3.8, 4) is 0 Å². The monoisotopic (exact) mass is 291 g/mol. The molecule has 0 saturated carbocycles. The first-order valence-corrected chi connectivity index (χ1v) is 7.47. The van der Waals surface area contributed by atoms with Crippen molar-refractivity contribution in [1.82, 2.24) is 4.90 Å². The van der Waals surface area contributed by atoms with Gasteiger partial charge in [0.2, 0.25) is 5.91 Å². The maximum atomic E-state index is 12.0. The first kappa shape index (κ1) is 15.8. The number of carbonyl (C=O) groups excluding carboxylic acids is 1. The number of nitrogens with one attached hydrogen (secondary N) is 1. The molecule has 0 aromatic heterocycles. The molecule has 4 N–H and O–H groups in total. The Balaban J connectivity index is 1.74. The lowest BCUT2D eigenvalue weighted by Gasteiger charge is -2.18. The lowest BCUT2D eigenvalue weighted by atomic mass is 10.1. The molecule has 5 heteroatoms. The molecule has 1 aromatic rings. The van der Waals surface area contributed by atoms with E-state index in [1.165, 1.54) is 0 Å². The van der Waals surface area contributed by atoms with E-state index >= 15 is 0 Å². The third-order valence-corrected chi connectivity index (χ3v) is 4.06. The highest BCUT2D eigenvalue weighted by atomic mass is 16.3. The van der Waals surface area contributed by atoms with Crippen molar-refractivity contribution in [3.05, 3.63) is 23.8 Å². The average Bonchev–Trinajstić information content (AvgIpc) is 2.75. The molecule has 0 spiro atoms. The fourth-order valence-electron chi connectivity index (χ4n) is 2.69. The van der Waals surface area contributed by atoms with Gasteiger partial charge in [-0.3, -0.25) is 4.79 Å². The number of aliphatic hydroxyl groups is 1. The molecule has 116 valence electrons. The van der Waals surface area contributed by atoms with Crippen LogP contribution in [0.5, 0.6) is 0 Å². The highest BCUT2D eigenvalue weighted by molar-refractivity contribution is 5.92. The van der Waals surface area contributed by atoms with Crippen LogP contribution in [0.25, 0.3) is 0 Å². The predicted molar refractivity (Wildman–Crippen MR) is 85.1 cm³/mol. The molecular formula is C16H25N3O2. The minimum atomic E-state index is -0.569. The van der Waals surface area contributed by atoms with Gasteiger partial charge in [-0.2, -0.15) is 0 Å². The van der Waals surface area contributed by atoms with Gasteiger partial charge in [0.15, 0.2) is 0 Å². The number of anilines is 2. The van der Waals surface area contributed by atoms with Crippen LogP contribution in [0.15, 0.2) is 18.2 Å². The van der Waals surface area contributed by atoms with E-state index in [4.69, 9.17) is 5.73 Å². The number of likely N-dealkylation sites (tertiary alicyclic amines) is 1. The Morgan fingerprint density at radius 1 is 1.52 bits per heavy atom. The van der Waals surface area contributed by atoms with Gasteiger partial charge < -0.3 is 21.1 Å². The van der Waals surface area contributed by atoms with Gasteiger partial charge in [0.1, 0.15) is 0 Å². The topological polar surface area (TPSA) is 78.6 Å². The Morgan fingerprint density at radius 3 is 2.95 bits per heavy atom. The average molecular weight is 291 g/mol. The van der Waals surface area contributed by atoms with Gasteiger partial charge in [-0.05, 0) is 50.9 Å². The van der Waals surface area contributed by atoms with E-state index in [9.17, 15) is 9.90 Å². The molecule has 1 heterocycles. The second-order valence-corrected chi connectivity index (χ2v) is 6.19. The zero-order chi connectivity index (χ0) is 15.5. The zero-order valence-electron chi connectivity index (χ0n) is 12.9. The van der Waals surface area contributed by atoms with Crippen LogP contribution in [0.1, 0.15) is 31.7 Å². The molecule has 5 nitrogen and oxygen atoms in total. The molecule has 21 heavy (non-hydrogen) atoms. The summed E-state index contributed by atoms with van der Waals surface area (Å²) in [6, 6.07) is 5.52. The van der Waals surface area contributed by atoms with Crippen LogP contribution in [0.3, 0.4) is 0 Å². The summed E-state index contributed by atoms with van der Waals surface area (Å²) in [6.07, 6.45) is 2.08. The number of benzene rings is 1. The van der Waals surface area contributed by atoms with Gasteiger partial charge in [0.25, 0.3) is 0 Å². The number of rotatable bonds is 5. The summed E-state index contributed by atoms with van der Waals surface area (Å²) < 4.78 is 0. The SMILES string of the molecule is Cc1c(N)cccc1NC(=O)CCCN1CCC(C)(O)C1. The molecule has 0 aliphatic carbocycles. The van der Waals surface area contributed by atoms with Gasteiger partial charge in [-0.25, -0.2) is 0 Å². The van der Waals surface area contributed by atoms with Crippen LogP contribution in [-0.2, 0) is 4.79 Å². The number of carbonyl (C=O) groups is 1. The van der Waals surface area contributed by atoms with E-state index in [1.807, 2.05) is 32.0 Å². The van der Waals surface area contributed by atoms with Crippen LogP contribution in [0.2, 0.25) is 0 Å². The first-order valence-electron chi connectivity index (χ1n) is 7.47. The number of hydrogen-bond acceptors (Lipinski definition) is 4. The Hall–Kier alpha value is -1.59. The summed E-state index contributed by atoms with van der Waals surface area (Å²) in [7, 11) is 0. The minimum Gasteiger partial charge on any atom is -0.398 e. The first-order chi connectivity index (χ1) is 9.87. The molecule has 1 atom stereocenters. The Kier molecular flexibility index (Phi) is 4.85. The third-order valence-electron chi connectivity index (χ3n) is 4.06. The predicted octanol–water partition coefficient (Wildman–Crippen LogP) is 1.75. The second-order valence-electron chi connectivity index (χ2n) is 6.19. The fourth-order valence-corrected chi connectivity index (χ4v) is 2.69. The van der Waals surface area contributed by atoms with Crippen molar-refractivity contribution < 1.29 is 9.90 Å². The summed E-state index contributed by atoms with van der Waals surface area (Å²) >= 11 is 0. The fraction of sp³-hybridized carbons (Fsp3) is 0.562. The van der Waals surface area contributed by atoms with Crippen LogP contribution in [0, 0.1) is 6.92 Å². The number of hydrogen-bond donors (Lipinski definition) is 3. The third kappa shape index (κ3) is 4.44. The molecule has 1 amide bonds. The van der Waals surface area contributed by atoms with E-state index in [1.54, 1.807) is 0 Å². The molecule has 0 radical (unpaired) electrons. The standard InChI is InChI=1S/C16H25N3O2/c1-12-13(17)5-3-6-14(12)18-15(20)7-4-9-19-10-8-16(2,21)11-19/h3,5-6,21H,4,7-11,17H2,1-2H3,(H,18,20). The summed E-state index contributed by atoms with van der Waals surface area (Å²) in [4.78, 5) is 14.2. The molecule has 1 aromatic carbocycles. The number of nitrogen functional groups attached to an aromatic ring is 1. The van der Waals surface area contributed by atoms with Crippen LogP contribution in [0.4, 0.5) is 11.4 Å². The van der Waals surface area contributed by atoms with Crippen LogP contribution in [-0.4, -0.2) is 41.1 Å². The van der Waals surface area contributed by atoms with Gasteiger partial charge in [-0.1, -0.05) is 6.07 Å². The van der Waals surface area contributed by atoms with Crippen molar-refractivity contribution in [1.29, 1.82) is 0 Å². The maximum Gasteiger partial charge on any atom is 0.224 e. The van der Waals surface area contributed by atoms with Gasteiger partial charge in [0.05, 0.1) is 5.60 Å². The van der Waals surface area contributed by atoms with E-state index in [2.05, 4.69) is 10.2 Å². The summed E-state index contributed by atoms with van der Waals surface area (Å²) in [5, 5.41) is 12.8. The molecule has 1 aliphatic heterocycles. The highest BCUT2D eigenvalue weighted by Crippen LogP contribution is 2.22. The van der Waals surface area contributed by atoms with Gasteiger partial charge in [0, 0.05) is 30.9 Å². The molecule has 0 bridgehead atoms. The number of β-amino-alcohol motifs (C(OH)–C–C–N with tert-alkyl or cyclic N) is 1. The lowest BCUT2D eigenvalue weighted by Crippen LogP contribution is -2.30. The quantitative estimate of drug-likeness (QED) is 0.722. The molecule has 1 fully saturated rings. The Morgan fingerprint density at radius 2 is 2.29 bits per heavy atom. The molecular weight excluding hydrogens is 266 g/mol. The Bertz CT molecular complexity index is 514. The van der Waals surface area contributed by atoms with Crippen LogP contribution >= 0.6 is 0 Å². The van der Waals surface area contributed by atoms with E-state index < -0.39 is 5.60 Å².